The Labute approximate surface area is 164 Å². The highest BCUT2D eigenvalue weighted by Crippen LogP contribution is 2.20. The van der Waals surface area contributed by atoms with Gasteiger partial charge in [-0.05, 0) is 119 Å². The van der Waals surface area contributed by atoms with Crippen LogP contribution in [0, 0.1) is 0 Å². The summed E-state index contributed by atoms with van der Waals surface area (Å²) in [5.74, 6) is 0.229. The Morgan fingerprint density at radius 2 is 0.821 bits per heavy atom. The molecule has 2 heteroatoms. The third kappa shape index (κ3) is 3.11. The molecule has 0 aliphatic heterocycles. The second kappa shape index (κ2) is 6.72. The van der Waals surface area contributed by atoms with E-state index in [1.54, 1.807) is 0 Å². The summed E-state index contributed by atoms with van der Waals surface area (Å²) in [6.45, 7) is 7.46. The zero-order chi connectivity index (χ0) is 20.0. The molecule has 0 bridgehead atoms. The van der Waals surface area contributed by atoms with Crippen LogP contribution in [0.1, 0.15) is 27.7 Å². The van der Waals surface area contributed by atoms with Crippen molar-refractivity contribution in [2.24, 2.45) is 0 Å². The first kappa shape index (κ1) is 18.1. The molecule has 0 saturated carbocycles. The molecule has 0 amide bonds. The maximum absolute atomic E-state index is 12.0. The van der Waals surface area contributed by atoms with E-state index in [9.17, 15) is 9.59 Å². The van der Waals surface area contributed by atoms with E-state index in [1.807, 2.05) is 52.0 Å². The van der Waals surface area contributed by atoms with E-state index >= 15 is 0 Å². The van der Waals surface area contributed by atoms with E-state index in [0.717, 1.165) is 54.6 Å². The predicted molar refractivity (Wildman–Crippen MR) is 115 cm³/mol. The van der Waals surface area contributed by atoms with Crippen LogP contribution in [0.15, 0.2) is 83.0 Å². The van der Waals surface area contributed by atoms with E-state index in [1.165, 1.54) is 0 Å². The summed E-state index contributed by atoms with van der Waals surface area (Å²) >= 11 is 0. The predicted octanol–water partition coefficient (Wildman–Crippen LogP) is 4.09. The summed E-state index contributed by atoms with van der Waals surface area (Å²) in [7, 11) is 0. The lowest BCUT2D eigenvalue weighted by atomic mass is 9.93. The molecule has 2 aromatic carbocycles. The van der Waals surface area contributed by atoms with E-state index in [2.05, 4.69) is 36.4 Å². The maximum atomic E-state index is 12.0. The molecule has 0 fully saturated rings. The van der Waals surface area contributed by atoms with Crippen molar-refractivity contribution in [2.45, 2.75) is 27.7 Å². The van der Waals surface area contributed by atoms with Gasteiger partial charge in [0.1, 0.15) is 0 Å². The van der Waals surface area contributed by atoms with Crippen molar-refractivity contribution in [3.63, 3.8) is 0 Å². The highest BCUT2D eigenvalue weighted by Gasteiger charge is 2.14. The Morgan fingerprint density at radius 1 is 0.500 bits per heavy atom. The van der Waals surface area contributed by atoms with E-state index < -0.39 is 0 Å². The van der Waals surface area contributed by atoms with Crippen molar-refractivity contribution in [2.75, 3.05) is 0 Å². The zero-order valence-electron chi connectivity index (χ0n) is 16.6. The number of carbonyl (C=O) groups excluding carboxylic acids is 2. The van der Waals surface area contributed by atoms with Gasteiger partial charge in [-0.2, -0.15) is 0 Å². The van der Waals surface area contributed by atoms with Crippen LogP contribution < -0.4 is 10.4 Å². The second-order valence-corrected chi connectivity index (χ2v) is 7.66. The Morgan fingerprint density at radius 3 is 1.14 bits per heavy atom. The van der Waals surface area contributed by atoms with Crippen LogP contribution in [-0.2, 0) is 9.59 Å². The summed E-state index contributed by atoms with van der Waals surface area (Å²) < 4.78 is 0. The molecule has 0 aromatic heterocycles. The standard InChI is InChI=1S/C26H22O2/c1-15-9-23(10-16(2)25(15)27)21-7-5-20-14-22(8-6-19(20)13-21)24-11-17(3)26(28)18(4)12-24/h5-14H,1-4H3. The van der Waals surface area contributed by atoms with Gasteiger partial charge in [0.15, 0.2) is 11.6 Å². The Balaban J connectivity index is 1.89. The van der Waals surface area contributed by atoms with Crippen LogP contribution in [0.5, 0.6) is 0 Å². The number of ketones is 2. The van der Waals surface area contributed by atoms with Crippen LogP contribution in [0.25, 0.3) is 21.9 Å². The van der Waals surface area contributed by atoms with Gasteiger partial charge in [0.05, 0.1) is 0 Å². The molecule has 0 saturated heterocycles. The minimum absolute atomic E-state index is 0.115. The third-order valence-corrected chi connectivity index (χ3v) is 5.43. The van der Waals surface area contributed by atoms with Gasteiger partial charge < -0.3 is 0 Å². The van der Waals surface area contributed by atoms with Crippen molar-refractivity contribution in [3.05, 3.63) is 93.4 Å². The van der Waals surface area contributed by atoms with Gasteiger partial charge in [0, 0.05) is 0 Å². The molecule has 0 N–H and O–H groups in total. The highest BCUT2D eigenvalue weighted by atomic mass is 16.1. The minimum Gasteiger partial charge on any atom is -0.289 e. The molecular formula is C26H22O2. The number of carbonyl (C=O) groups is 2. The van der Waals surface area contributed by atoms with Gasteiger partial charge in [-0.3, -0.25) is 9.59 Å². The summed E-state index contributed by atoms with van der Waals surface area (Å²) in [4.78, 5) is 24.0. The number of fused-ring (bicyclic) bond motifs is 1. The average Bonchev–Trinajstić information content (AvgIpc) is 2.68. The van der Waals surface area contributed by atoms with E-state index in [-0.39, 0.29) is 11.6 Å². The maximum Gasteiger partial charge on any atom is 0.184 e. The normalized spacial score (nSPS) is 17.4. The number of hydrogen-bond donors (Lipinski definition) is 0. The molecule has 0 unspecified atom stereocenters. The van der Waals surface area contributed by atoms with Crippen molar-refractivity contribution >= 4 is 33.5 Å². The van der Waals surface area contributed by atoms with Gasteiger partial charge >= 0.3 is 0 Å². The van der Waals surface area contributed by atoms with Gasteiger partial charge in [-0.15, -0.1) is 0 Å². The van der Waals surface area contributed by atoms with Crippen molar-refractivity contribution in [1.82, 2.24) is 0 Å². The van der Waals surface area contributed by atoms with Crippen molar-refractivity contribution < 1.29 is 9.59 Å². The van der Waals surface area contributed by atoms with Gasteiger partial charge in [0.25, 0.3) is 0 Å². The van der Waals surface area contributed by atoms with Crippen LogP contribution in [0.2, 0.25) is 0 Å². The summed E-state index contributed by atoms with van der Waals surface area (Å²) in [6, 6.07) is 12.8. The summed E-state index contributed by atoms with van der Waals surface area (Å²) in [5, 5.41) is 4.51. The fourth-order valence-corrected chi connectivity index (χ4v) is 3.84. The minimum atomic E-state index is 0.115. The topological polar surface area (TPSA) is 34.1 Å². The molecular weight excluding hydrogens is 344 g/mol. The first-order chi connectivity index (χ1) is 13.3. The molecule has 0 spiro atoms. The first-order valence-electron chi connectivity index (χ1n) is 9.44. The lowest BCUT2D eigenvalue weighted by Crippen LogP contribution is -2.12. The molecule has 2 aromatic rings. The largest absolute Gasteiger partial charge is 0.289 e. The van der Waals surface area contributed by atoms with Crippen LogP contribution in [0.3, 0.4) is 0 Å². The fourth-order valence-electron chi connectivity index (χ4n) is 3.84. The smallest absolute Gasteiger partial charge is 0.184 e. The van der Waals surface area contributed by atoms with Crippen molar-refractivity contribution in [1.29, 1.82) is 0 Å². The lowest BCUT2D eigenvalue weighted by Gasteiger charge is -2.11. The van der Waals surface area contributed by atoms with Gasteiger partial charge in [-0.25, -0.2) is 0 Å². The molecule has 2 nitrogen and oxygen atoms in total. The molecule has 138 valence electrons. The fraction of sp³-hybridized carbons (Fsp3) is 0.154. The number of allylic oxidation sites excluding steroid dienone is 8. The SMILES string of the molecule is CC1=CC(=c2ccc3cc(=C4C=C(C)C(=O)C(C)=C4)ccc3c2)C=C(C)C1=O. The number of hydrogen-bond acceptors (Lipinski definition) is 2. The van der Waals surface area contributed by atoms with E-state index in [4.69, 9.17) is 0 Å². The monoisotopic (exact) mass is 366 g/mol. The number of rotatable bonds is 0. The Kier molecular flexibility index (Phi) is 4.35. The molecule has 0 heterocycles. The van der Waals surface area contributed by atoms with Gasteiger partial charge in [-0.1, -0.05) is 24.3 Å². The van der Waals surface area contributed by atoms with Crippen LogP contribution in [-0.4, -0.2) is 11.6 Å². The first-order valence-corrected chi connectivity index (χ1v) is 9.44. The highest BCUT2D eigenvalue weighted by molar-refractivity contribution is 6.13. The summed E-state index contributed by atoms with van der Waals surface area (Å²) in [5.41, 5.74) is 5.24. The Hall–Kier alpha value is -3.26. The number of Topliss-reactive ketones (excluding diaryl/α,β-unsaturated/α-hetero) is 2. The molecule has 2 aliphatic rings. The third-order valence-electron chi connectivity index (χ3n) is 5.43. The van der Waals surface area contributed by atoms with Crippen molar-refractivity contribution in [3.8, 4) is 0 Å². The quantitative estimate of drug-likeness (QED) is 0.704. The second-order valence-electron chi connectivity index (χ2n) is 7.66. The molecule has 0 atom stereocenters. The molecule has 4 rings (SSSR count). The van der Waals surface area contributed by atoms with Gasteiger partial charge in [0.2, 0.25) is 0 Å². The molecule has 28 heavy (non-hydrogen) atoms. The van der Waals surface area contributed by atoms with Crippen LogP contribution in [0.4, 0.5) is 0 Å². The average molecular weight is 366 g/mol. The molecule has 0 radical (unpaired) electrons. The lowest BCUT2D eigenvalue weighted by molar-refractivity contribution is -0.113. The summed E-state index contributed by atoms with van der Waals surface area (Å²) in [6.07, 6.45) is 7.84. The van der Waals surface area contributed by atoms with E-state index in [0.29, 0.717) is 0 Å². The molecule has 2 aliphatic carbocycles. The van der Waals surface area contributed by atoms with Crippen LogP contribution >= 0.6 is 0 Å². The Bertz CT molecular complexity index is 1160. The number of benzene rings is 2. The zero-order valence-corrected chi connectivity index (χ0v) is 16.6.